The molecule has 21 heavy (non-hydrogen) atoms. The van der Waals surface area contributed by atoms with E-state index in [4.69, 9.17) is 15.0 Å². The minimum Gasteiger partial charge on any atom is -0.379 e. The molecule has 1 saturated carbocycles. The molecule has 1 aliphatic heterocycles. The molecule has 0 spiro atoms. The van der Waals surface area contributed by atoms with Crippen molar-refractivity contribution < 1.29 is 9.26 Å². The van der Waals surface area contributed by atoms with Crippen LogP contribution in [0.5, 0.6) is 0 Å². The summed E-state index contributed by atoms with van der Waals surface area (Å²) in [6.07, 6.45) is 7.53. The number of nitrogens with two attached hydrogens (primary N) is 1. The van der Waals surface area contributed by atoms with Crippen LogP contribution in [-0.4, -0.2) is 47.9 Å². The molecule has 0 aromatic carbocycles. The van der Waals surface area contributed by atoms with Gasteiger partial charge in [0.2, 0.25) is 5.89 Å². The van der Waals surface area contributed by atoms with Gasteiger partial charge in [-0.1, -0.05) is 24.4 Å². The highest BCUT2D eigenvalue weighted by molar-refractivity contribution is 4.95. The SMILES string of the molecule is NC(CN1CCOCC1)c1noc(CC2CCCCC2)n1. The summed E-state index contributed by atoms with van der Waals surface area (Å²) in [5, 5.41) is 4.08. The fourth-order valence-corrected chi connectivity index (χ4v) is 3.28. The van der Waals surface area contributed by atoms with Gasteiger partial charge in [-0.2, -0.15) is 4.98 Å². The second kappa shape index (κ2) is 7.33. The van der Waals surface area contributed by atoms with E-state index in [1.54, 1.807) is 0 Å². The Labute approximate surface area is 126 Å². The number of ether oxygens (including phenoxy) is 1. The van der Waals surface area contributed by atoms with Crippen LogP contribution in [0.1, 0.15) is 49.9 Å². The van der Waals surface area contributed by atoms with Gasteiger partial charge in [-0.15, -0.1) is 0 Å². The maximum absolute atomic E-state index is 6.20. The van der Waals surface area contributed by atoms with E-state index in [0.29, 0.717) is 11.7 Å². The van der Waals surface area contributed by atoms with Crippen LogP contribution >= 0.6 is 0 Å². The van der Waals surface area contributed by atoms with Crippen LogP contribution in [0.3, 0.4) is 0 Å². The molecule has 0 bridgehead atoms. The molecular weight excluding hydrogens is 268 g/mol. The molecule has 2 aliphatic rings. The standard InChI is InChI=1S/C15H26N4O2/c16-13(11-19-6-8-20-9-7-19)15-17-14(21-18-15)10-12-4-2-1-3-5-12/h12-13H,1-11,16H2. The molecule has 1 aromatic heterocycles. The Morgan fingerprint density at radius 3 is 2.71 bits per heavy atom. The van der Waals surface area contributed by atoms with E-state index in [-0.39, 0.29) is 6.04 Å². The van der Waals surface area contributed by atoms with Gasteiger partial charge in [0.05, 0.1) is 19.3 Å². The normalized spacial score (nSPS) is 23.3. The molecule has 1 aromatic rings. The summed E-state index contributed by atoms with van der Waals surface area (Å²) in [5.41, 5.74) is 6.20. The highest BCUT2D eigenvalue weighted by Gasteiger charge is 2.21. The minimum absolute atomic E-state index is 0.174. The van der Waals surface area contributed by atoms with Crippen molar-refractivity contribution in [3.63, 3.8) is 0 Å². The summed E-state index contributed by atoms with van der Waals surface area (Å²) in [6, 6.07) is -0.174. The van der Waals surface area contributed by atoms with Gasteiger partial charge in [0.25, 0.3) is 0 Å². The second-order valence-electron chi connectivity index (χ2n) is 6.27. The molecule has 1 atom stereocenters. The molecule has 6 heteroatoms. The molecular formula is C15H26N4O2. The zero-order valence-electron chi connectivity index (χ0n) is 12.7. The molecule has 3 rings (SSSR count). The van der Waals surface area contributed by atoms with Crippen molar-refractivity contribution in [1.82, 2.24) is 15.0 Å². The number of nitrogens with zero attached hydrogens (tertiary/aromatic N) is 3. The first-order chi connectivity index (χ1) is 10.3. The van der Waals surface area contributed by atoms with Crippen molar-refractivity contribution >= 4 is 0 Å². The minimum atomic E-state index is -0.174. The van der Waals surface area contributed by atoms with E-state index >= 15 is 0 Å². The van der Waals surface area contributed by atoms with Crippen molar-refractivity contribution in [2.45, 2.75) is 44.6 Å². The van der Waals surface area contributed by atoms with E-state index in [0.717, 1.165) is 45.2 Å². The summed E-state index contributed by atoms with van der Waals surface area (Å²) in [4.78, 5) is 6.81. The first-order valence-corrected chi connectivity index (χ1v) is 8.19. The number of aromatic nitrogens is 2. The van der Waals surface area contributed by atoms with Gasteiger partial charge in [0.15, 0.2) is 5.82 Å². The van der Waals surface area contributed by atoms with Crippen LogP contribution < -0.4 is 5.73 Å². The zero-order chi connectivity index (χ0) is 14.5. The predicted molar refractivity (Wildman–Crippen MR) is 78.8 cm³/mol. The quantitative estimate of drug-likeness (QED) is 0.887. The van der Waals surface area contributed by atoms with E-state index in [2.05, 4.69) is 15.0 Å². The van der Waals surface area contributed by atoms with Gasteiger partial charge in [0.1, 0.15) is 0 Å². The third-order valence-electron chi connectivity index (χ3n) is 4.56. The number of hydrogen-bond donors (Lipinski definition) is 1. The fraction of sp³-hybridized carbons (Fsp3) is 0.867. The zero-order valence-corrected chi connectivity index (χ0v) is 12.7. The lowest BCUT2D eigenvalue weighted by molar-refractivity contribution is 0.0348. The van der Waals surface area contributed by atoms with Crippen LogP contribution in [0.4, 0.5) is 0 Å². The Bertz CT molecular complexity index is 425. The first-order valence-electron chi connectivity index (χ1n) is 8.19. The lowest BCUT2D eigenvalue weighted by Crippen LogP contribution is -2.40. The van der Waals surface area contributed by atoms with Crippen molar-refractivity contribution in [2.24, 2.45) is 11.7 Å². The Hall–Kier alpha value is -0.980. The topological polar surface area (TPSA) is 77.4 Å². The predicted octanol–water partition coefficient (Wildman–Crippen LogP) is 1.52. The Morgan fingerprint density at radius 2 is 1.95 bits per heavy atom. The molecule has 1 aliphatic carbocycles. The van der Waals surface area contributed by atoms with Gasteiger partial charge >= 0.3 is 0 Å². The van der Waals surface area contributed by atoms with Crippen LogP contribution in [0.15, 0.2) is 4.52 Å². The molecule has 118 valence electrons. The van der Waals surface area contributed by atoms with Crippen molar-refractivity contribution in [1.29, 1.82) is 0 Å². The van der Waals surface area contributed by atoms with Crippen LogP contribution in [0.25, 0.3) is 0 Å². The van der Waals surface area contributed by atoms with Crippen LogP contribution in [0, 0.1) is 5.92 Å². The lowest BCUT2D eigenvalue weighted by Gasteiger charge is -2.27. The van der Waals surface area contributed by atoms with Gasteiger partial charge in [-0.05, 0) is 18.8 Å². The number of hydrogen-bond acceptors (Lipinski definition) is 6. The molecule has 1 unspecified atom stereocenters. The van der Waals surface area contributed by atoms with E-state index in [9.17, 15) is 0 Å². The highest BCUT2D eigenvalue weighted by atomic mass is 16.5. The summed E-state index contributed by atoms with van der Waals surface area (Å²) >= 11 is 0. The smallest absolute Gasteiger partial charge is 0.226 e. The Balaban J connectivity index is 1.50. The van der Waals surface area contributed by atoms with Crippen molar-refractivity contribution in [3.05, 3.63) is 11.7 Å². The molecule has 1 saturated heterocycles. The molecule has 0 radical (unpaired) electrons. The Kier molecular flexibility index (Phi) is 5.22. The summed E-state index contributed by atoms with van der Waals surface area (Å²) in [5.74, 6) is 2.11. The Morgan fingerprint density at radius 1 is 1.19 bits per heavy atom. The van der Waals surface area contributed by atoms with E-state index < -0.39 is 0 Å². The third-order valence-corrected chi connectivity index (χ3v) is 4.56. The van der Waals surface area contributed by atoms with Gasteiger partial charge in [-0.3, -0.25) is 4.90 Å². The van der Waals surface area contributed by atoms with Crippen LogP contribution in [0.2, 0.25) is 0 Å². The highest BCUT2D eigenvalue weighted by Crippen LogP contribution is 2.26. The summed E-state index contributed by atoms with van der Waals surface area (Å²) in [6.45, 7) is 4.20. The fourth-order valence-electron chi connectivity index (χ4n) is 3.28. The largest absolute Gasteiger partial charge is 0.379 e. The van der Waals surface area contributed by atoms with Gasteiger partial charge < -0.3 is 15.0 Å². The first kappa shape index (κ1) is 14.9. The molecule has 2 N–H and O–H groups in total. The second-order valence-corrected chi connectivity index (χ2v) is 6.27. The van der Waals surface area contributed by atoms with Crippen molar-refractivity contribution in [2.75, 3.05) is 32.8 Å². The molecule has 0 amide bonds. The summed E-state index contributed by atoms with van der Waals surface area (Å²) in [7, 11) is 0. The monoisotopic (exact) mass is 294 g/mol. The van der Waals surface area contributed by atoms with Crippen LogP contribution in [-0.2, 0) is 11.2 Å². The average Bonchev–Trinajstić information content (AvgIpc) is 2.98. The number of rotatable bonds is 5. The van der Waals surface area contributed by atoms with E-state index in [1.165, 1.54) is 32.1 Å². The average molecular weight is 294 g/mol. The maximum atomic E-state index is 6.20. The molecule has 2 fully saturated rings. The molecule has 2 heterocycles. The van der Waals surface area contributed by atoms with Crippen molar-refractivity contribution in [3.8, 4) is 0 Å². The third kappa shape index (κ3) is 4.25. The lowest BCUT2D eigenvalue weighted by atomic mass is 9.87. The number of morpholine rings is 1. The maximum Gasteiger partial charge on any atom is 0.226 e. The molecule has 6 nitrogen and oxygen atoms in total. The van der Waals surface area contributed by atoms with Gasteiger partial charge in [0, 0.05) is 26.1 Å². The van der Waals surface area contributed by atoms with Gasteiger partial charge in [-0.25, -0.2) is 0 Å². The summed E-state index contributed by atoms with van der Waals surface area (Å²) < 4.78 is 10.7. The van der Waals surface area contributed by atoms with E-state index in [1.807, 2.05) is 0 Å².